The third-order valence-electron chi connectivity index (χ3n) is 4.38. The number of nitrogens with zero attached hydrogens (tertiary/aromatic N) is 5. The number of benzene rings is 1. The minimum atomic E-state index is -0.000364. The van der Waals surface area contributed by atoms with Gasteiger partial charge in [0.25, 0.3) is 5.78 Å². The third-order valence-corrected chi connectivity index (χ3v) is 5.20. The summed E-state index contributed by atoms with van der Waals surface area (Å²) in [5, 5.41) is 4.97. The van der Waals surface area contributed by atoms with Gasteiger partial charge in [-0.2, -0.15) is 4.98 Å². The van der Waals surface area contributed by atoms with E-state index in [1.807, 2.05) is 38.1 Å². The molecule has 1 aromatic carbocycles. The molecule has 28 heavy (non-hydrogen) atoms. The lowest BCUT2D eigenvalue weighted by Gasteiger charge is -2.21. The monoisotopic (exact) mass is 399 g/mol. The number of amides is 1. The van der Waals surface area contributed by atoms with E-state index in [0.29, 0.717) is 30.7 Å². The summed E-state index contributed by atoms with van der Waals surface area (Å²) < 4.78 is 12.8. The summed E-state index contributed by atoms with van der Waals surface area (Å²) in [7, 11) is 1.78. The van der Waals surface area contributed by atoms with Crippen LogP contribution in [0.25, 0.3) is 5.78 Å². The first-order valence-corrected chi connectivity index (χ1v) is 9.94. The number of rotatable bonds is 5. The van der Waals surface area contributed by atoms with Crippen molar-refractivity contribution in [2.75, 3.05) is 26.0 Å². The molecule has 0 N–H and O–H groups in total. The maximum atomic E-state index is 12.5. The van der Waals surface area contributed by atoms with Crippen molar-refractivity contribution in [3.8, 4) is 11.5 Å². The minimum Gasteiger partial charge on any atom is -0.486 e. The zero-order valence-corrected chi connectivity index (χ0v) is 16.8. The molecule has 0 radical (unpaired) electrons. The molecule has 1 aliphatic heterocycles. The van der Waals surface area contributed by atoms with Crippen molar-refractivity contribution < 1.29 is 14.3 Å². The van der Waals surface area contributed by atoms with Crippen LogP contribution in [0, 0.1) is 13.8 Å². The number of hydrogen-bond donors (Lipinski definition) is 0. The molecule has 0 saturated heterocycles. The van der Waals surface area contributed by atoms with Gasteiger partial charge in [-0.3, -0.25) is 4.79 Å². The summed E-state index contributed by atoms with van der Waals surface area (Å²) >= 11 is 1.31. The number of aryl methyl sites for hydroxylation is 2. The van der Waals surface area contributed by atoms with Crippen LogP contribution in [0.4, 0.5) is 0 Å². The van der Waals surface area contributed by atoms with Crippen LogP contribution < -0.4 is 9.47 Å². The molecule has 0 atom stereocenters. The molecular formula is C19H21N5O3S. The van der Waals surface area contributed by atoms with Crippen molar-refractivity contribution in [2.24, 2.45) is 0 Å². The second kappa shape index (κ2) is 7.67. The van der Waals surface area contributed by atoms with E-state index in [2.05, 4.69) is 15.1 Å². The van der Waals surface area contributed by atoms with Gasteiger partial charge in [0.05, 0.1) is 5.75 Å². The molecule has 146 valence electrons. The largest absolute Gasteiger partial charge is 0.486 e. The van der Waals surface area contributed by atoms with Gasteiger partial charge in [0.1, 0.15) is 13.2 Å². The first-order valence-electron chi connectivity index (χ1n) is 8.96. The maximum Gasteiger partial charge on any atom is 0.253 e. The van der Waals surface area contributed by atoms with Crippen LogP contribution in [0.2, 0.25) is 0 Å². The van der Waals surface area contributed by atoms with Crippen molar-refractivity contribution >= 4 is 23.4 Å². The molecule has 4 rings (SSSR count). The average molecular weight is 399 g/mol. The van der Waals surface area contributed by atoms with Crippen molar-refractivity contribution in [1.82, 2.24) is 24.5 Å². The number of ether oxygens (including phenoxy) is 2. The van der Waals surface area contributed by atoms with Crippen LogP contribution in [0.1, 0.15) is 17.0 Å². The first-order chi connectivity index (χ1) is 13.5. The van der Waals surface area contributed by atoms with Crippen molar-refractivity contribution in [2.45, 2.75) is 25.5 Å². The highest BCUT2D eigenvalue weighted by molar-refractivity contribution is 7.99. The van der Waals surface area contributed by atoms with Crippen LogP contribution >= 0.6 is 11.8 Å². The topological polar surface area (TPSA) is 81.9 Å². The lowest BCUT2D eigenvalue weighted by Crippen LogP contribution is -2.28. The Morgan fingerprint density at radius 3 is 2.79 bits per heavy atom. The lowest BCUT2D eigenvalue weighted by molar-refractivity contribution is -0.127. The quantitative estimate of drug-likeness (QED) is 0.609. The van der Waals surface area contributed by atoms with Gasteiger partial charge in [-0.25, -0.2) is 9.50 Å². The van der Waals surface area contributed by atoms with Crippen molar-refractivity contribution in [1.29, 1.82) is 0 Å². The molecule has 0 fully saturated rings. The summed E-state index contributed by atoms with van der Waals surface area (Å²) in [6, 6.07) is 7.70. The average Bonchev–Trinajstić information content (AvgIpc) is 3.09. The minimum absolute atomic E-state index is 0.000364. The van der Waals surface area contributed by atoms with Crippen molar-refractivity contribution in [3.63, 3.8) is 0 Å². The Morgan fingerprint density at radius 2 is 1.96 bits per heavy atom. The van der Waals surface area contributed by atoms with Gasteiger partial charge in [0.2, 0.25) is 11.1 Å². The summed E-state index contributed by atoms with van der Waals surface area (Å²) in [6.45, 7) is 5.48. The van der Waals surface area contributed by atoms with E-state index in [1.54, 1.807) is 16.5 Å². The van der Waals surface area contributed by atoms with Crippen LogP contribution in [0.15, 0.2) is 29.4 Å². The molecule has 2 aromatic heterocycles. The predicted molar refractivity (Wildman–Crippen MR) is 105 cm³/mol. The zero-order chi connectivity index (χ0) is 19.7. The standard InChI is InChI=1S/C19H21N5O3S/c1-12-8-13(2)24-18(20-12)21-19(22-24)28-11-17(25)23(3)10-14-4-5-15-16(9-14)27-7-6-26-15/h4-5,8-9H,6-7,10-11H2,1-3H3. The lowest BCUT2D eigenvalue weighted by atomic mass is 10.2. The van der Waals surface area contributed by atoms with Gasteiger partial charge in [0, 0.05) is 25.0 Å². The number of aromatic nitrogens is 4. The van der Waals surface area contributed by atoms with Crippen molar-refractivity contribution in [3.05, 3.63) is 41.2 Å². The van der Waals surface area contributed by atoms with E-state index < -0.39 is 0 Å². The summed E-state index contributed by atoms with van der Waals surface area (Å²) in [5.74, 6) is 2.29. The summed E-state index contributed by atoms with van der Waals surface area (Å²) in [5.41, 5.74) is 2.85. The Labute approximate surface area is 166 Å². The maximum absolute atomic E-state index is 12.5. The van der Waals surface area contributed by atoms with E-state index in [0.717, 1.165) is 28.5 Å². The Bertz CT molecular complexity index is 1040. The van der Waals surface area contributed by atoms with Gasteiger partial charge in [-0.15, -0.1) is 5.10 Å². The number of fused-ring (bicyclic) bond motifs is 2. The van der Waals surface area contributed by atoms with Crippen LogP contribution in [0.3, 0.4) is 0 Å². The molecule has 3 heterocycles. The second-order valence-electron chi connectivity index (χ2n) is 6.66. The molecule has 0 aliphatic carbocycles. The van der Waals surface area contributed by atoms with Gasteiger partial charge in [-0.1, -0.05) is 17.8 Å². The van der Waals surface area contributed by atoms with E-state index in [4.69, 9.17) is 9.47 Å². The molecular weight excluding hydrogens is 378 g/mol. The molecule has 9 heteroatoms. The highest BCUT2D eigenvalue weighted by Crippen LogP contribution is 2.31. The fourth-order valence-corrected chi connectivity index (χ4v) is 3.75. The predicted octanol–water partition coefficient (Wildman–Crippen LogP) is 2.26. The Kier molecular flexibility index (Phi) is 5.08. The highest BCUT2D eigenvalue weighted by atomic mass is 32.2. The van der Waals surface area contributed by atoms with Crippen LogP contribution in [-0.4, -0.2) is 56.4 Å². The fraction of sp³-hybridized carbons (Fsp3) is 0.368. The molecule has 1 amide bonds. The molecule has 3 aromatic rings. The van der Waals surface area contributed by atoms with Gasteiger partial charge >= 0.3 is 0 Å². The Balaban J connectivity index is 1.37. The Hall–Kier alpha value is -2.81. The fourth-order valence-electron chi connectivity index (χ4n) is 2.99. The Morgan fingerprint density at radius 1 is 1.18 bits per heavy atom. The van der Waals surface area contributed by atoms with E-state index in [-0.39, 0.29) is 11.7 Å². The SMILES string of the molecule is Cc1cc(C)n2nc(SCC(=O)N(C)Cc3ccc4c(c3)OCCO4)nc2n1. The number of carbonyl (C=O) groups excluding carboxylic acids is 1. The number of carbonyl (C=O) groups is 1. The number of hydrogen-bond acceptors (Lipinski definition) is 7. The normalized spacial score (nSPS) is 13.0. The van der Waals surface area contributed by atoms with E-state index in [1.165, 1.54) is 11.8 Å². The molecule has 0 unspecified atom stereocenters. The molecule has 8 nitrogen and oxygen atoms in total. The molecule has 0 saturated carbocycles. The first kappa shape index (κ1) is 18.5. The zero-order valence-electron chi connectivity index (χ0n) is 16.0. The number of thioether (sulfide) groups is 1. The summed E-state index contributed by atoms with van der Waals surface area (Å²) in [4.78, 5) is 23.0. The molecule has 0 bridgehead atoms. The highest BCUT2D eigenvalue weighted by Gasteiger charge is 2.16. The van der Waals surface area contributed by atoms with Crippen LogP contribution in [0.5, 0.6) is 11.5 Å². The van der Waals surface area contributed by atoms with Gasteiger partial charge in [-0.05, 0) is 37.6 Å². The summed E-state index contributed by atoms with van der Waals surface area (Å²) in [6.07, 6.45) is 0. The third kappa shape index (κ3) is 3.89. The second-order valence-corrected chi connectivity index (χ2v) is 7.60. The van der Waals surface area contributed by atoms with Gasteiger partial charge < -0.3 is 14.4 Å². The molecule has 1 aliphatic rings. The van der Waals surface area contributed by atoms with E-state index in [9.17, 15) is 4.79 Å². The molecule has 0 spiro atoms. The van der Waals surface area contributed by atoms with Gasteiger partial charge in [0.15, 0.2) is 11.5 Å². The van der Waals surface area contributed by atoms with E-state index >= 15 is 0 Å². The van der Waals surface area contributed by atoms with Crippen LogP contribution in [-0.2, 0) is 11.3 Å². The smallest absolute Gasteiger partial charge is 0.253 e.